The summed E-state index contributed by atoms with van der Waals surface area (Å²) in [7, 11) is 0. The number of hydrogen-bond acceptors (Lipinski definition) is 2. The molecule has 1 aromatic rings. The molecule has 0 radical (unpaired) electrons. The number of fused-ring (bicyclic) bond motifs is 1. The lowest BCUT2D eigenvalue weighted by Crippen LogP contribution is -2.41. The van der Waals surface area contributed by atoms with E-state index in [1.165, 1.54) is 0 Å². The van der Waals surface area contributed by atoms with Crippen molar-refractivity contribution in [3.8, 4) is 0 Å². The summed E-state index contributed by atoms with van der Waals surface area (Å²) in [4.78, 5) is 11.5. The summed E-state index contributed by atoms with van der Waals surface area (Å²) in [5, 5.41) is 20.3. The summed E-state index contributed by atoms with van der Waals surface area (Å²) in [6, 6.07) is 5.94. The fourth-order valence-corrected chi connectivity index (χ4v) is 3.14. The maximum atomic E-state index is 11.5. The molecule has 0 fully saturated rings. The van der Waals surface area contributed by atoms with E-state index in [1.807, 2.05) is 39.0 Å². The smallest absolute Gasteiger partial charge is 0.310 e. The fourth-order valence-electron chi connectivity index (χ4n) is 3.14. The number of benzene rings is 1. The third-order valence-electron chi connectivity index (χ3n) is 3.95. The largest absolute Gasteiger partial charge is 0.481 e. The van der Waals surface area contributed by atoms with Crippen molar-refractivity contribution in [3.05, 3.63) is 34.9 Å². The van der Waals surface area contributed by atoms with Gasteiger partial charge in [0.15, 0.2) is 0 Å². The standard InChI is InChI=1S/C15H20O3/c1-9(2)13(14(16)17)15(18)7-6-11-5-4-10(3)8-12(11)15/h4-5,8-9,13,18H,6-7H2,1-3H3,(H,16,17). The Balaban J connectivity index is 2.52. The van der Waals surface area contributed by atoms with Crippen molar-refractivity contribution in [2.75, 3.05) is 0 Å². The van der Waals surface area contributed by atoms with Crippen LogP contribution in [-0.2, 0) is 16.8 Å². The van der Waals surface area contributed by atoms with Gasteiger partial charge in [-0.1, -0.05) is 37.6 Å². The zero-order chi connectivity index (χ0) is 13.5. The zero-order valence-electron chi connectivity index (χ0n) is 11.1. The van der Waals surface area contributed by atoms with Crippen LogP contribution < -0.4 is 0 Å². The molecule has 1 aromatic carbocycles. The van der Waals surface area contributed by atoms with Crippen molar-refractivity contribution in [3.63, 3.8) is 0 Å². The highest BCUT2D eigenvalue weighted by molar-refractivity contribution is 5.73. The molecule has 0 bridgehead atoms. The molecule has 3 nitrogen and oxygen atoms in total. The van der Waals surface area contributed by atoms with Gasteiger partial charge in [-0.25, -0.2) is 0 Å². The molecule has 0 aliphatic heterocycles. The van der Waals surface area contributed by atoms with Gasteiger partial charge in [-0.15, -0.1) is 0 Å². The molecule has 2 N–H and O–H groups in total. The zero-order valence-corrected chi connectivity index (χ0v) is 11.1. The van der Waals surface area contributed by atoms with Gasteiger partial charge in [0.1, 0.15) is 5.60 Å². The number of aliphatic hydroxyl groups is 1. The second kappa shape index (κ2) is 4.39. The Morgan fingerprint density at radius 1 is 1.39 bits per heavy atom. The summed E-state index contributed by atoms with van der Waals surface area (Å²) in [6.45, 7) is 5.67. The Bertz CT molecular complexity index is 479. The topological polar surface area (TPSA) is 57.5 Å². The van der Waals surface area contributed by atoms with Gasteiger partial charge in [0.2, 0.25) is 0 Å². The van der Waals surface area contributed by atoms with Crippen LogP contribution in [0.4, 0.5) is 0 Å². The first-order valence-corrected chi connectivity index (χ1v) is 6.41. The first-order valence-electron chi connectivity index (χ1n) is 6.41. The Hall–Kier alpha value is -1.35. The Labute approximate surface area is 107 Å². The molecule has 0 aromatic heterocycles. The molecule has 0 spiro atoms. The van der Waals surface area contributed by atoms with Gasteiger partial charge in [0.25, 0.3) is 0 Å². The van der Waals surface area contributed by atoms with Crippen molar-refractivity contribution in [1.29, 1.82) is 0 Å². The normalized spacial score (nSPS) is 24.1. The minimum absolute atomic E-state index is 0.0982. The Morgan fingerprint density at radius 2 is 2.06 bits per heavy atom. The molecule has 2 rings (SSSR count). The highest BCUT2D eigenvalue weighted by Crippen LogP contribution is 2.45. The van der Waals surface area contributed by atoms with E-state index in [4.69, 9.17) is 0 Å². The van der Waals surface area contributed by atoms with Crippen LogP contribution in [0.25, 0.3) is 0 Å². The van der Waals surface area contributed by atoms with E-state index in [1.54, 1.807) is 0 Å². The third-order valence-corrected chi connectivity index (χ3v) is 3.95. The van der Waals surface area contributed by atoms with Gasteiger partial charge in [-0.2, -0.15) is 0 Å². The summed E-state index contributed by atoms with van der Waals surface area (Å²) < 4.78 is 0. The molecular weight excluding hydrogens is 228 g/mol. The van der Waals surface area contributed by atoms with Crippen LogP contribution in [0.1, 0.15) is 37.0 Å². The number of aryl methyl sites for hydroxylation is 2. The van der Waals surface area contributed by atoms with E-state index < -0.39 is 17.5 Å². The molecule has 3 heteroatoms. The van der Waals surface area contributed by atoms with Crippen LogP contribution in [0.2, 0.25) is 0 Å². The second-order valence-corrected chi connectivity index (χ2v) is 5.64. The minimum Gasteiger partial charge on any atom is -0.481 e. The van der Waals surface area contributed by atoms with Crippen LogP contribution >= 0.6 is 0 Å². The van der Waals surface area contributed by atoms with Crippen molar-refractivity contribution in [2.45, 2.75) is 39.2 Å². The molecule has 2 atom stereocenters. The predicted octanol–water partition coefficient (Wildman–Crippen LogP) is 2.49. The molecule has 2 unspecified atom stereocenters. The number of aliphatic carboxylic acids is 1. The quantitative estimate of drug-likeness (QED) is 0.864. The lowest BCUT2D eigenvalue weighted by molar-refractivity contribution is -0.156. The first-order chi connectivity index (χ1) is 8.36. The highest BCUT2D eigenvalue weighted by Gasteiger charge is 2.48. The van der Waals surface area contributed by atoms with Crippen molar-refractivity contribution < 1.29 is 15.0 Å². The maximum Gasteiger partial charge on any atom is 0.310 e. The molecule has 0 saturated heterocycles. The lowest BCUT2D eigenvalue weighted by atomic mass is 9.76. The van der Waals surface area contributed by atoms with Gasteiger partial charge >= 0.3 is 5.97 Å². The third kappa shape index (κ3) is 1.93. The number of carboxylic acids is 1. The van der Waals surface area contributed by atoms with Gasteiger partial charge in [0.05, 0.1) is 5.92 Å². The average Bonchev–Trinajstić information content (AvgIpc) is 2.56. The van der Waals surface area contributed by atoms with E-state index in [2.05, 4.69) is 0 Å². The molecule has 0 amide bonds. The molecule has 0 heterocycles. The number of carbonyl (C=O) groups is 1. The van der Waals surface area contributed by atoms with E-state index in [0.29, 0.717) is 6.42 Å². The van der Waals surface area contributed by atoms with Crippen LogP contribution in [0, 0.1) is 18.8 Å². The summed E-state index contributed by atoms with van der Waals surface area (Å²) in [5.74, 6) is -1.76. The summed E-state index contributed by atoms with van der Waals surface area (Å²) in [6.07, 6.45) is 1.25. The van der Waals surface area contributed by atoms with Crippen molar-refractivity contribution in [2.24, 2.45) is 11.8 Å². The van der Waals surface area contributed by atoms with E-state index >= 15 is 0 Å². The minimum atomic E-state index is -1.22. The monoisotopic (exact) mass is 248 g/mol. The van der Waals surface area contributed by atoms with Crippen LogP contribution in [0.15, 0.2) is 18.2 Å². The van der Waals surface area contributed by atoms with Gasteiger partial charge < -0.3 is 10.2 Å². The SMILES string of the molecule is Cc1ccc2c(c1)C(O)(C(C(=O)O)C(C)C)CC2. The Kier molecular flexibility index (Phi) is 3.20. The van der Waals surface area contributed by atoms with Gasteiger partial charge in [0, 0.05) is 0 Å². The molecule has 98 valence electrons. The average molecular weight is 248 g/mol. The predicted molar refractivity (Wildman–Crippen MR) is 69.4 cm³/mol. The summed E-state index contributed by atoms with van der Waals surface area (Å²) in [5.41, 5.74) is 1.72. The van der Waals surface area contributed by atoms with Crippen molar-refractivity contribution >= 4 is 5.97 Å². The molecule has 0 saturated carbocycles. The van der Waals surface area contributed by atoms with Gasteiger partial charge in [-0.3, -0.25) is 4.79 Å². The van der Waals surface area contributed by atoms with Crippen LogP contribution in [-0.4, -0.2) is 16.2 Å². The number of hydrogen-bond donors (Lipinski definition) is 2. The van der Waals surface area contributed by atoms with E-state index in [9.17, 15) is 15.0 Å². The molecule has 18 heavy (non-hydrogen) atoms. The van der Waals surface area contributed by atoms with Gasteiger partial charge in [-0.05, 0) is 36.8 Å². The van der Waals surface area contributed by atoms with E-state index in [-0.39, 0.29) is 5.92 Å². The molecule has 1 aliphatic carbocycles. The number of rotatable bonds is 3. The maximum absolute atomic E-state index is 11.5. The lowest BCUT2D eigenvalue weighted by Gasteiger charge is -2.33. The second-order valence-electron chi connectivity index (χ2n) is 5.64. The molecular formula is C15H20O3. The van der Waals surface area contributed by atoms with Crippen molar-refractivity contribution in [1.82, 2.24) is 0 Å². The van der Waals surface area contributed by atoms with Crippen LogP contribution in [0.5, 0.6) is 0 Å². The number of carboxylic acid groups (broad SMARTS) is 1. The fraction of sp³-hybridized carbons (Fsp3) is 0.533. The summed E-state index contributed by atoms with van der Waals surface area (Å²) >= 11 is 0. The Morgan fingerprint density at radius 3 is 2.61 bits per heavy atom. The molecule has 1 aliphatic rings. The highest BCUT2D eigenvalue weighted by atomic mass is 16.4. The van der Waals surface area contributed by atoms with E-state index in [0.717, 1.165) is 23.1 Å². The first kappa shape index (κ1) is 13.1. The van der Waals surface area contributed by atoms with Crippen LogP contribution in [0.3, 0.4) is 0 Å².